The Bertz CT molecular complexity index is 1250. The molecule has 0 heterocycles. The summed E-state index contributed by atoms with van der Waals surface area (Å²) in [5.74, 6) is -0.878. The van der Waals surface area contributed by atoms with E-state index in [1.807, 2.05) is 0 Å². The molecule has 6 heteroatoms. The van der Waals surface area contributed by atoms with E-state index in [4.69, 9.17) is 14.2 Å². The van der Waals surface area contributed by atoms with Crippen LogP contribution in [-0.4, -0.2) is 37.2 Å². The highest BCUT2D eigenvalue weighted by Crippen LogP contribution is 2.17. The van der Waals surface area contributed by atoms with Gasteiger partial charge in [0.1, 0.15) is 13.2 Å². The molecule has 6 nitrogen and oxygen atoms in total. The molecular formula is C66H120O6. The average Bonchev–Trinajstić information content (AvgIpc) is 3.38. The third-order valence-electron chi connectivity index (χ3n) is 14.1. The van der Waals surface area contributed by atoms with Crippen molar-refractivity contribution in [3.8, 4) is 0 Å². The summed E-state index contributed by atoms with van der Waals surface area (Å²) >= 11 is 0. The normalized spacial score (nSPS) is 12.3. The Morgan fingerprint density at radius 3 is 0.792 bits per heavy atom. The maximum Gasteiger partial charge on any atom is 0.306 e. The molecule has 0 aliphatic heterocycles. The van der Waals surface area contributed by atoms with Crippen molar-refractivity contribution < 1.29 is 28.6 Å². The molecule has 0 radical (unpaired) electrons. The first-order valence-electron chi connectivity index (χ1n) is 31.6. The third-order valence-corrected chi connectivity index (χ3v) is 14.1. The van der Waals surface area contributed by atoms with Gasteiger partial charge in [0.2, 0.25) is 0 Å². The van der Waals surface area contributed by atoms with Gasteiger partial charge in [-0.1, -0.05) is 281 Å². The molecule has 0 aromatic heterocycles. The van der Waals surface area contributed by atoms with E-state index in [0.717, 1.165) is 83.5 Å². The van der Waals surface area contributed by atoms with Gasteiger partial charge in [-0.15, -0.1) is 0 Å². The molecule has 0 amide bonds. The highest BCUT2D eigenvalue weighted by molar-refractivity contribution is 5.71. The van der Waals surface area contributed by atoms with Gasteiger partial charge in [-0.05, 0) is 83.5 Å². The topological polar surface area (TPSA) is 78.9 Å². The van der Waals surface area contributed by atoms with Gasteiger partial charge in [0.15, 0.2) is 6.10 Å². The van der Waals surface area contributed by atoms with Crippen molar-refractivity contribution >= 4 is 17.9 Å². The van der Waals surface area contributed by atoms with Gasteiger partial charge in [0, 0.05) is 19.3 Å². The number of allylic oxidation sites excluding steroid dienone is 8. The summed E-state index contributed by atoms with van der Waals surface area (Å²) in [4.78, 5) is 38.3. The Labute approximate surface area is 448 Å². The fourth-order valence-corrected chi connectivity index (χ4v) is 9.27. The monoisotopic (exact) mass is 1010 g/mol. The largest absolute Gasteiger partial charge is 0.462 e. The van der Waals surface area contributed by atoms with E-state index >= 15 is 0 Å². The summed E-state index contributed by atoms with van der Waals surface area (Å²) in [6.45, 7) is 6.66. The first-order chi connectivity index (χ1) is 35.5. The maximum absolute atomic E-state index is 12.9. The fraction of sp³-hybridized carbons (Fsp3) is 0.833. The minimum absolute atomic E-state index is 0.0784. The van der Waals surface area contributed by atoms with Crippen molar-refractivity contribution in [2.75, 3.05) is 13.2 Å². The lowest BCUT2D eigenvalue weighted by Gasteiger charge is -2.18. The van der Waals surface area contributed by atoms with Crippen molar-refractivity contribution in [2.45, 2.75) is 341 Å². The number of rotatable bonds is 58. The molecule has 1 unspecified atom stereocenters. The Balaban J connectivity index is 4.37. The predicted octanol–water partition coefficient (Wildman–Crippen LogP) is 21.4. The number of ether oxygens (including phenoxy) is 3. The van der Waals surface area contributed by atoms with E-state index in [9.17, 15) is 14.4 Å². The van der Waals surface area contributed by atoms with Gasteiger partial charge in [-0.25, -0.2) is 0 Å². The van der Waals surface area contributed by atoms with Crippen molar-refractivity contribution in [1.82, 2.24) is 0 Å². The second-order valence-electron chi connectivity index (χ2n) is 21.3. The summed E-state index contributed by atoms with van der Waals surface area (Å²) in [6, 6.07) is 0. The van der Waals surface area contributed by atoms with Gasteiger partial charge in [-0.2, -0.15) is 0 Å². The molecule has 0 N–H and O–H groups in total. The lowest BCUT2D eigenvalue weighted by atomic mass is 10.0. The van der Waals surface area contributed by atoms with Crippen LogP contribution in [0, 0.1) is 0 Å². The Hall–Kier alpha value is -2.63. The van der Waals surface area contributed by atoms with Crippen molar-refractivity contribution in [1.29, 1.82) is 0 Å². The highest BCUT2D eigenvalue weighted by Gasteiger charge is 2.19. The van der Waals surface area contributed by atoms with Crippen LogP contribution in [0.5, 0.6) is 0 Å². The van der Waals surface area contributed by atoms with Gasteiger partial charge < -0.3 is 14.2 Å². The molecule has 420 valence electrons. The van der Waals surface area contributed by atoms with E-state index in [1.54, 1.807) is 0 Å². The van der Waals surface area contributed by atoms with Crippen molar-refractivity contribution in [3.63, 3.8) is 0 Å². The second-order valence-corrected chi connectivity index (χ2v) is 21.3. The van der Waals surface area contributed by atoms with Gasteiger partial charge >= 0.3 is 17.9 Å². The molecule has 0 aliphatic rings. The molecule has 0 aromatic carbocycles. The number of hydrogen-bond donors (Lipinski definition) is 0. The smallest absolute Gasteiger partial charge is 0.306 e. The Morgan fingerprint density at radius 2 is 0.500 bits per heavy atom. The zero-order valence-electron chi connectivity index (χ0n) is 48.2. The summed E-state index contributed by atoms with van der Waals surface area (Å²) < 4.78 is 16.9. The lowest BCUT2D eigenvalue weighted by Crippen LogP contribution is -2.30. The average molecular weight is 1010 g/mol. The molecule has 1 atom stereocenters. The zero-order valence-corrected chi connectivity index (χ0v) is 48.2. The molecular weight excluding hydrogens is 889 g/mol. The quantitative estimate of drug-likeness (QED) is 0.0261. The molecule has 0 saturated carbocycles. The molecule has 0 bridgehead atoms. The number of unbranched alkanes of at least 4 members (excludes halogenated alkanes) is 39. The van der Waals surface area contributed by atoms with Gasteiger partial charge in [0.25, 0.3) is 0 Å². The third kappa shape index (κ3) is 58.3. The van der Waals surface area contributed by atoms with Crippen molar-refractivity contribution in [2.24, 2.45) is 0 Å². The van der Waals surface area contributed by atoms with Crippen molar-refractivity contribution in [3.05, 3.63) is 48.6 Å². The number of carbonyl (C=O) groups excluding carboxylic acids is 3. The highest BCUT2D eigenvalue weighted by atomic mass is 16.6. The van der Waals surface area contributed by atoms with Crippen LogP contribution in [0.1, 0.15) is 335 Å². The minimum atomic E-state index is -0.781. The van der Waals surface area contributed by atoms with E-state index in [1.165, 1.54) is 212 Å². The summed E-state index contributed by atoms with van der Waals surface area (Å²) in [6.07, 6.45) is 75.3. The first-order valence-corrected chi connectivity index (χ1v) is 31.6. The van der Waals surface area contributed by atoms with Gasteiger partial charge in [-0.3, -0.25) is 14.4 Å². The van der Waals surface area contributed by atoms with E-state index < -0.39 is 6.10 Å². The SMILES string of the molecule is CCCCCCC/C=C\C/C=C\C/C=C\CCCCCCCCC(=O)OCC(COC(=O)CCCCCCC/C=C\CCCCCCCCC)OC(=O)CCCCCCCCCCCCCCCCCCC. The summed E-state index contributed by atoms with van der Waals surface area (Å²) in [5, 5.41) is 0. The van der Waals surface area contributed by atoms with Crippen LogP contribution < -0.4 is 0 Å². The zero-order chi connectivity index (χ0) is 52.2. The fourth-order valence-electron chi connectivity index (χ4n) is 9.27. The summed E-state index contributed by atoms with van der Waals surface area (Å²) in [7, 11) is 0. The molecule has 72 heavy (non-hydrogen) atoms. The molecule has 0 rings (SSSR count). The Kier molecular flexibility index (Phi) is 58.7. The van der Waals surface area contributed by atoms with E-state index in [0.29, 0.717) is 19.3 Å². The second kappa shape index (κ2) is 60.9. The van der Waals surface area contributed by atoms with E-state index in [-0.39, 0.29) is 31.1 Å². The van der Waals surface area contributed by atoms with Crippen LogP contribution >= 0.6 is 0 Å². The van der Waals surface area contributed by atoms with Crippen LogP contribution in [0.3, 0.4) is 0 Å². The minimum Gasteiger partial charge on any atom is -0.462 e. The lowest BCUT2D eigenvalue weighted by molar-refractivity contribution is -0.167. The van der Waals surface area contributed by atoms with Crippen LogP contribution in [0.2, 0.25) is 0 Å². The Morgan fingerprint density at radius 1 is 0.278 bits per heavy atom. The number of esters is 3. The number of carbonyl (C=O) groups is 3. The predicted molar refractivity (Wildman–Crippen MR) is 312 cm³/mol. The molecule has 0 fully saturated rings. The van der Waals surface area contributed by atoms with Gasteiger partial charge in [0.05, 0.1) is 0 Å². The van der Waals surface area contributed by atoms with Crippen LogP contribution in [0.15, 0.2) is 48.6 Å². The molecule has 0 saturated heterocycles. The van der Waals surface area contributed by atoms with Crippen LogP contribution in [0.25, 0.3) is 0 Å². The first kappa shape index (κ1) is 69.4. The van der Waals surface area contributed by atoms with E-state index in [2.05, 4.69) is 69.4 Å². The van der Waals surface area contributed by atoms with Crippen LogP contribution in [0.4, 0.5) is 0 Å². The summed E-state index contributed by atoms with van der Waals surface area (Å²) in [5.41, 5.74) is 0. The number of hydrogen-bond acceptors (Lipinski definition) is 6. The molecule has 0 aliphatic carbocycles. The standard InChI is InChI=1S/C66H120O6/c1-4-7-10-13-16-19-22-25-28-31-32-33-34-36-38-41-44-47-50-53-56-59-65(68)71-62-63(61-70-64(67)58-55-52-49-46-43-40-37-30-27-24-21-18-15-12-9-6-3)72-66(69)60-57-54-51-48-45-42-39-35-29-26-23-20-17-14-11-8-5-2/h22,25,30-32,34,36-37,63H,4-21,23-24,26-29,33,35,38-62H2,1-3H3/b25-22-,32-31-,36-34-,37-30-. The maximum atomic E-state index is 12.9. The van der Waals surface area contributed by atoms with Crippen LogP contribution in [-0.2, 0) is 28.6 Å². The molecule has 0 aromatic rings. The molecule has 0 spiro atoms.